The number of hydrogen-bond acceptors (Lipinski definition) is 2. The van der Waals surface area contributed by atoms with Crippen LogP contribution in [0.3, 0.4) is 0 Å². The van der Waals surface area contributed by atoms with Gasteiger partial charge in [0.25, 0.3) is 0 Å². The molecule has 1 saturated heterocycles. The Labute approximate surface area is 127 Å². The summed E-state index contributed by atoms with van der Waals surface area (Å²) in [4.78, 5) is 16.2. The van der Waals surface area contributed by atoms with E-state index in [0.29, 0.717) is 6.04 Å². The molecule has 1 aliphatic heterocycles. The molecule has 0 saturated carbocycles. The number of likely N-dealkylation sites (tertiary alicyclic amines) is 1. The molecule has 0 N–H and O–H groups in total. The standard InChI is InChI=1S/C18H24N2O/c1-3-20(14(2)21)17-8-10-19(11-9-17)13-16-12-15-6-4-5-7-18(15)16/h4-7,12,17H,3,8-11,13H2,1-2H3. The van der Waals surface area contributed by atoms with Crippen molar-refractivity contribution in [1.82, 2.24) is 9.80 Å². The summed E-state index contributed by atoms with van der Waals surface area (Å²) in [7, 11) is 0. The summed E-state index contributed by atoms with van der Waals surface area (Å²) in [5, 5.41) is 0. The summed E-state index contributed by atoms with van der Waals surface area (Å²) in [5.41, 5.74) is 4.25. The van der Waals surface area contributed by atoms with Crippen molar-refractivity contribution in [2.75, 3.05) is 26.2 Å². The Kier molecular flexibility index (Phi) is 4.11. The van der Waals surface area contributed by atoms with Crippen LogP contribution < -0.4 is 0 Å². The number of amides is 1. The van der Waals surface area contributed by atoms with Crippen molar-refractivity contribution in [2.45, 2.75) is 32.7 Å². The van der Waals surface area contributed by atoms with Gasteiger partial charge in [-0.3, -0.25) is 9.69 Å². The molecule has 3 nitrogen and oxygen atoms in total. The first kappa shape index (κ1) is 14.3. The molecular formula is C18H24N2O. The summed E-state index contributed by atoms with van der Waals surface area (Å²) >= 11 is 0. The number of carbonyl (C=O) groups excluding carboxylic acids is 1. The van der Waals surface area contributed by atoms with Crippen LogP contribution in [0.2, 0.25) is 0 Å². The fraction of sp³-hybridized carbons (Fsp3) is 0.500. The van der Waals surface area contributed by atoms with Gasteiger partial charge in [-0.05, 0) is 42.5 Å². The van der Waals surface area contributed by atoms with E-state index < -0.39 is 0 Å². The molecule has 3 rings (SSSR count). The van der Waals surface area contributed by atoms with Gasteiger partial charge in [-0.2, -0.15) is 0 Å². The van der Waals surface area contributed by atoms with Crippen LogP contribution in [0, 0.1) is 0 Å². The molecule has 1 aromatic rings. The van der Waals surface area contributed by atoms with E-state index >= 15 is 0 Å². The zero-order valence-electron chi connectivity index (χ0n) is 13.0. The Morgan fingerprint density at radius 2 is 2.00 bits per heavy atom. The SMILES string of the molecule is CCN(C(C)=O)C1CCN(CC2=Cc3ccccc32)CC1. The molecule has 1 amide bonds. The van der Waals surface area contributed by atoms with E-state index in [9.17, 15) is 4.79 Å². The first-order valence-electron chi connectivity index (χ1n) is 7.98. The Bertz CT molecular complexity index is 556. The number of nitrogens with zero attached hydrogens (tertiary/aromatic N) is 2. The van der Waals surface area contributed by atoms with Gasteiger partial charge < -0.3 is 4.90 Å². The van der Waals surface area contributed by atoms with Crippen LogP contribution in [0.1, 0.15) is 37.8 Å². The molecule has 1 aromatic carbocycles. The topological polar surface area (TPSA) is 23.6 Å². The summed E-state index contributed by atoms with van der Waals surface area (Å²) < 4.78 is 0. The van der Waals surface area contributed by atoms with Gasteiger partial charge in [0.05, 0.1) is 0 Å². The molecule has 21 heavy (non-hydrogen) atoms. The lowest BCUT2D eigenvalue weighted by Crippen LogP contribution is -2.47. The highest BCUT2D eigenvalue weighted by molar-refractivity contribution is 5.96. The maximum absolute atomic E-state index is 11.6. The van der Waals surface area contributed by atoms with Crippen LogP contribution in [-0.2, 0) is 4.79 Å². The number of piperidine rings is 1. The predicted octanol–water partition coefficient (Wildman–Crippen LogP) is 2.87. The van der Waals surface area contributed by atoms with Gasteiger partial charge in [-0.25, -0.2) is 0 Å². The van der Waals surface area contributed by atoms with Crippen molar-refractivity contribution < 1.29 is 4.79 Å². The van der Waals surface area contributed by atoms with Crippen LogP contribution in [0.5, 0.6) is 0 Å². The molecular weight excluding hydrogens is 260 g/mol. The minimum Gasteiger partial charge on any atom is -0.340 e. The van der Waals surface area contributed by atoms with Crippen molar-refractivity contribution in [3.63, 3.8) is 0 Å². The van der Waals surface area contributed by atoms with Crippen LogP contribution in [0.4, 0.5) is 0 Å². The largest absolute Gasteiger partial charge is 0.340 e. The molecule has 0 spiro atoms. The second kappa shape index (κ2) is 6.02. The molecule has 0 radical (unpaired) electrons. The maximum Gasteiger partial charge on any atom is 0.219 e. The van der Waals surface area contributed by atoms with Gasteiger partial charge >= 0.3 is 0 Å². The third kappa shape index (κ3) is 2.88. The lowest BCUT2D eigenvalue weighted by molar-refractivity contribution is -0.131. The predicted molar refractivity (Wildman–Crippen MR) is 86.8 cm³/mol. The van der Waals surface area contributed by atoms with E-state index in [1.165, 1.54) is 16.7 Å². The maximum atomic E-state index is 11.6. The highest BCUT2D eigenvalue weighted by Crippen LogP contribution is 2.33. The lowest BCUT2D eigenvalue weighted by atomic mass is 9.88. The molecule has 0 bridgehead atoms. The van der Waals surface area contributed by atoms with Crippen molar-refractivity contribution in [3.8, 4) is 0 Å². The van der Waals surface area contributed by atoms with Crippen molar-refractivity contribution in [1.29, 1.82) is 0 Å². The van der Waals surface area contributed by atoms with Gasteiger partial charge in [-0.1, -0.05) is 24.3 Å². The van der Waals surface area contributed by atoms with Crippen LogP contribution in [-0.4, -0.2) is 47.9 Å². The number of benzene rings is 1. The zero-order valence-corrected chi connectivity index (χ0v) is 13.0. The summed E-state index contributed by atoms with van der Waals surface area (Å²) in [6.45, 7) is 7.83. The minimum atomic E-state index is 0.214. The number of rotatable bonds is 4. The van der Waals surface area contributed by atoms with Crippen molar-refractivity contribution in [3.05, 3.63) is 35.4 Å². The van der Waals surface area contributed by atoms with Crippen LogP contribution in [0.15, 0.2) is 24.3 Å². The van der Waals surface area contributed by atoms with Crippen LogP contribution >= 0.6 is 0 Å². The second-order valence-electron chi connectivity index (χ2n) is 6.07. The third-order valence-corrected chi connectivity index (χ3v) is 4.77. The van der Waals surface area contributed by atoms with E-state index in [1.807, 2.05) is 4.90 Å². The molecule has 1 fully saturated rings. The van der Waals surface area contributed by atoms with E-state index in [0.717, 1.165) is 39.0 Å². The average molecular weight is 284 g/mol. The molecule has 2 aliphatic rings. The van der Waals surface area contributed by atoms with Crippen LogP contribution in [0.25, 0.3) is 11.6 Å². The summed E-state index contributed by atoms with van der Waals surface area (Å²) in [6.07, 6.45) is 4.50. The lowest BCUT2D eigenvalue weighted by Gasteiger charge is -2.38. The molecule has 0 unspecified atom stereocenters. The monoisotopic (exact) mass is 284 g/mol. The minimum absolute atomic E-state index is 0.214. The van der Waals surface area contributed by atoms with E-state index in [4.69, 9.17) is 0 Å². The second-order valence-corrected chi connectivity index (χ2v) is 6.07. The zero-order chi connectivity index (χ0) is 14.8. The van der Waals surface area contributed by atoms with Gasteiger partial charge in [0.2, 0.25) is 5.91 Å². The van der Waals surface area contributed by atoms with Crippen molar-refractivity contribution in [2.24, 2.45) is 0 Å². The summed E-state index contributed by atoms with van der Waals surface area (Å²) in [6, 6.07) is 9.04. The molecule has 3 heteroatoms. The Balaban J connectivity index is 1.52. The van der Waals surface area contributed by atoms with Gasteiger partial charge in [-0.15, -0.1) is 0 Å². The molecule has 112 valence electrons. The number of hydrogen-bond donors (Lipinski definition) is 0. The van der Waals surface area contributed by atoms with Gasteiger partial charge in [0.15, 0.2) is 0 Å². The number of fused-ring (bicyclic) bond motifs is 1. The smallest absolute Gasteiger partial charge is 0.219 e. The van der Waals surface area contributed by atoms with E-state index in [-0.39, 0.29) is 5.91 Å². The van der Waals surface area contributed by atoms with Crippen molar-refractivity contribution >= 4 is 17.6 Å². The Hall–Kier alpha value is -1.61. The molecule has 1 heterocycles. The number of carbonyl (C=O) groups is 1. The third-order valence-electron chi connectivity index (χ3n) is 4.77. The van der Waals surface area contributed by atoms with Gasteiger partial charge in [0, 0.05) is 39.1 Å². The molecule has 0 atom stereocenters. The molecule has 1 aliphatic carbocycles. The fourth-order valence-corrected chi connectivity index (χ4v) is 3.60. The van der Waals surface area contributed by atoms with Gasteiger partial charge in [0.1, 0.15) is 0 Å². The van der Waals surface area contributed by atoms with E-state index in [1.54, 1.807) is 6.92 Å². The average Bonchev–Trinajstić information content (AvgIpc) is 2.47. The molecule has 0 aromatic heterocycles. The highest BCUT2D eigenvalue weighted by atomic mass is 16.2. The fourth-order valence-electron chi connectivity index (χ4n) is 3.60. The van der Waals surface area contributed by atoms with E-state index in [2.05, 4.69) is 42.2 Å². The Morgan fingerprint density at radius 3 is 2.62 bits per heavy atom. The summed E-state index contributed by atoms with van der Waals surface area (Å²) in [5.74, 6) is 0.214. The highest BCUT2D eigenvalue weighted by Gasteiger charge is 2.26. The quantitative estimate of drug-likeness (QED) is 0.849. The first-order valence-corrected chi connectivity index (χ1v) is 7.98. The first-order chi connectivity index (χ1) is 10.2. The normalized spacial score (nSPS) is 18.7. The Morgan fingerprint density at radius 1 is 1.29 bits per heavy atom.